The Bertz CT molecular complexity index is 1050. The lowest BCUT2D eigenvalue weighted by Gasteiger charge is -2.32. The Kier molecular flexibility index (Phi) is 7.24. The number of unbranched alkanes of at least 4 members (excludes halogenated alkanes) is 1. The monoisotopic (exact) mass is 449 g/mol. The number of hydrogen-bond donors (Lipinski definition) is 3. The van der Waals surface area contributed by atoms with Crippen LogP contribution in [0.5, 0.6) is 0 Å². The Hall–Kier alpha value is -3.39. The van der Waals surface area contributed by atoms with Crippen molar-refractivity contribution in [1.82, 2.24) is 15.3 Å². The SMILES string of the molecule is CCC/C=C1\NC=Cc2cc(CCC(=O)O)nc(Nc3ccc(N4CCOC(C)C4)nc3)c21. The molecule has 3 N–H and O–H groups in total. The van der Waals surface area contributed by atoms with E-state index in [4.69, 9.17) is 14.8 Å². The molecule has 2 aliphatic rings. The first-order valence-corrected chi connectivity index (χ1v) is 11.5. The molecule has 0 radical (unpaired) electrons. The van der Waals surface area contributed by atoms with E-state index in [1.165, 1.54) is 0 Å². The number of nitrogens with one attached hydrogen (secondary N) is 2. The molecule has 1 atom stereocenters. The molecule has 0 bridgehead atoms. The number of hydrogen-bond acceptors (Lipinski definition) is 7. The maximum absolute atomic E-state index is 11.1. The lowest BCUT2D eigenvalue weighted by atomic mass is 9.99. The van der Waals surface area contributed by atoms with Crippen LogP contribution in [0.25, 0.3) is 11.8 Å². The number of ether oxygens (including phenoxy) is 1. The van der Waals surface area contributed by atoms with Crippen LogP contribution in [0.2, 0.25) is 0 Å². The molecule has 0 aromatic carbocycles. The van der Waals surface area contributed by atoms with E-state index in [0.717, 1.165) is 60.0 Å². The number of aromatic nitrogens is 2. The number of nitrogens with zero attached hydrogens (tertiary/aromatic N) is 3. The van der Waals surface area contributed by atoms with Gasteiger partial charge in [-0.25, -0.2) is 9.97 Å². The lowest BCUT2D eigenvalue weighted by Crippen LogP contribution is -2.41. The Morgan fingerprint density at radius 3 is 3.03 bits per heavy atom. The van der Waals surface area contributed by atoms with E-state index in [1.54, 1.807) is 0 Å². The maximum atomic E-state index is 11.1. The average Bonchev–Trinajstić information content (AvgIpc) is 2.81. The summed E-state index contributed by atoms with van der Waals surface area (Å²) >= 11 is 0. The number of morpholine rings is 1. The zero-order valence-electron chi connectivity index (χ0n) is 19.2. The number of pyridine rings is 2. The fourth-order valence-electron chi connectivity index (χ4n) is 4.04. The first-order chi connectivity index (χ1) is 16.0. The first kappa shape index (κ1) is 22.8. The highest BCUT2D eigenvalue weighted by atomic mass is 16.5. The lowest BCUT2D eigenvalue weighted by molar-refractivity contribution is -0.136. The molecule has 0 spiro atoms. The van der Waals surface area contributed by atoms with Gasteiger partial charge in [0.15, 0.2) is 0 Å². The third kappa shape index (κ3) is 5.70. The zero-order chi connectivity index (χ0) is 23.2. The molecule has 4 rings (SSSR count). The minimum atomic E-state index is -0.831. The second-order valence-electron chi connectivity index (χ2n) is 8.36. The zero-order valence-corrected chi connectivity index (χ0v) is 19.2. The Morgan fingerprint density at radius 2 is 2.30 bits per heavy atom. The molecular formula is C25H31N5O3. The van der Waals surface area contributed by atoms with E-state index in [-0.39, 0.29) is 12.5 Å². The summed E-state index contributed by atoms with van der Waals surface area (Å²) < 4.78 is 5.63. The molecule has 0 aliphatic carbocycles. The summed E-state index contributed by atoms with van der Waals surface area (Å²) in [4.78, 5) is 22.8. The van der Waals surface area contributed by atoms with Gasteiger partial charge in [0.05, 0.1) is 31.0 Å². The van der Waals surface area contributed by atoms with Crippen LogP contribution in [0.4, 0.5) is 17.3 Å². The molecule has 1 fully saturated rings. The Labute approximate surface area is 194 Å². The molecule has 1 unspecified atom stereocenters. The van der Waals surface area contributed by atoms with Crippen LogP contribution in [0.1, 0.15) is 49.9 Å². The van der Waals surface area contributed by atoms with Gasteiger partial charge in [0.25, 0.3) is 0 Å². The number of fused-ring (bicyclic) bond motifs is 1. The molecule has 0 saturated carbocycles. The van der Waals surface area contributed by atoms with Gasteiger partial charge < -0.3 is 25.4 Å². The van der Waals surface area contributed by atoms with Crippen molar-refractivity contribution in [1.29, 1.82) is 0 Å². The first-order valence-electron chi connectivity index (χ1n) is 11.5. The van der Waals surface area contributed by atoms with Gasteiger partial charge in [-0.15, -0.1) is 0 Å². The summed E-state index contributed by atoms with van der Waals surface area (Å²) in [6.07, 6.45) is 10.5. The molecule has 33 heavy (non-hydrogen) atoms. The molecular weight excluding hydrogens is 418 g/mol. The summed E-state index contributed by atoms with van der Waals surface area (Å²) in [5.41, 5.74) is 4.57. The molecule has 2 aromatic rings. The fourth-order valence-corrected chi connectivity index (χ4v) is 4.04. The summed E-state index contributed by atoms with van der Waals surface area (Å²) in [6, 6.07) is 5.98. The third-order valence-electron chi connectivity index (χ3n) is 5.68. The van der Waals surface area contributed by atoms with Gasteiger partial charge in [0, 0.05) is 42.7 Å². The molecule has 8 nitrogen and oxygen atoms in total. The molecule has 2 aliphatic heterocycles. The van der Waals surface area contributed by atoms with Crippen molar-refractivity contribution in [3.05, 3.63) is 53.5 Å². The Morgan fingerprint density at radius 1 is 1.42 bits per heavy atom. The van der Waals surface area contributed by atoms with Crippen LogP contribution in [0, 0.1) is 0 Å². The van der Waals surface area contributed by atoms with Crippen molar-refractivity contribution < 1.29 is 14.6 Å². The smallest absolute Gasteiger partial charge is 0.303 e. The van der Waals surface area contributed by atoms with Crippen LogP contribution in [0.15, 0.2) is 36.7 Å². The maximum Gasteiger partial charge on any atom is 0.303 e. The number of anilines is 3. The van der Waals surface area contributed by atoms with E-state index in [2.05, 4.69) is 40.4 Å². The van der Waals surface area contributed by atoms with Crippen molar-refractivity contribution in [2.45, 2.75) is 45.6 Å². The number of carboxylic acid groups (broad SMARTS) is 1. The average molecular weight is 450 g/mol. The second kappa shape index (κ2) is 10.5. The summed E-state index contributed by atoms with van der Waals surface area (Å²) in [6.45, 7) is 6.57. The van der Waals surface area contributed by atoms with Crippen LogP contribution >= 0.6 is 0 Å². The number of aryl methyl sites for hydroxylation is 1. The number of allylic oxidation sites excluding steroid dienone is 1. The van der Waals surface area contributed by atoms with E-state index in [1.807, 2.05) is 36.7 Å². The van der Waals surface area contributed by atoms with Crippen molar-refractivity contribution in [3.63, 3.8) is 0 Å². The highest BCUT2D eigenvalue weighted by Gasteiger charge is 2.20. The summed E-state index contributed by atoms with van der Waals surface area (Å²) in [5, 5.41) is 15.9. The predicted molar refractivity (Wildman–Crippen MR) is 130 cm³/mol. The van der Waals surface area contributed by atoms with Crippen molar-refractivity contribution in [2.24, 2.45) is 0 Å². The Balaban J connectivity index is 1.63. The third-order valence-corrected chi connectivity index (χ3v) is 5.68. The van der Waals surface area contributed by atoms with Crippen molar-refractivity contribution in [2.75, 3.05) is 29.9 Å². The molecule has 8 heteroatoms. The van der Waals surface area contributed by atoms with Gasteiger partial charge in [-0.2, -0.15) is 0 Å². The van der Waals surface area contributed by atoms with Crippen molar-refractivity contribution >= 4 is 35.1 Å². The van der Waals surface area contributed by atoms with Gasteiger partial charge in [-0.3, -0.25) is 4.79 Å². The normalized spacial score (nSPS) is 18.7. The second-order valence-corrected chi connectivity index (χ2v) is 8.36. The number of rotatable bonds is 8. The highest BCUT2D eigenvalue weighted by Crippen LogP contribution is 2.32. The van der Waals surface area contributed by atoms with Gasteiger partial charge in [-0.1, -0.05) is 19.4 Å². The molecule has 174 valence electrons. The van der Waals surface area contributed by atoms with E-state index in [9.17, 15) is 4.79 Å². The molecule has 0 amide bonds. The van der Waals surface area contributed by atoms with E-state index in [0.29, 0.717) is 18.8 Å². The number of carbonyl (C=O) groups is 1. The molecule has 4 heterocycles. The van der Waals surface area contributed by atoms with Crippen LogP contribution < -0.4 is 15.5 Å². The van der Waals surface area contributed by atoms with E-state index < -0.39 is 5.97 Å². The van der Waals surface area contributed by atoms with Gasteiger partial charge >= 0.3 is 5.97 Å². The van der Waals surface area contributed by atoms with Crippen LogP contribution in [-0.2, 0) is 16.0 Å². The van der Waals surface area contributed by atoms with Gasteiger partial charge in [0.2, 0.25) is 0 Å². The largest absolute Gasteiger partial charge is 0.481 e. The summed E-state index contributed by atoms with van der Waals surface area (Å²) in [7, 11) is 0. The standard InChI is InChI=1S/C25H31N5O3/c1-3-4-5-21-24-18(10-11-26-21)14-19(7-9-23(31)32)28-25(24)29-20-6-8-22(27-15-20)30-12-13-33-17(2)16-30/h5-6,8,10-11,14-15,17,26H,3-4,7,9,12-13,16H2,1-2H3,(H,28,29)(H,31,32)/b21-5-. The highest BCUT2D eigenvalue weighted by molar-refractivity contribution is 5.85. The fraction of sp³-hybridized carbons (Fsp3) is 0.400. The van der Waals surface area contributed by atoms with Crippen LogP contribution in [-0.4, -0.2) is 46.8 Å². The van der Waals surface area contributed by atoms with Crippen LogP contribution in [0.3, 0.4) is 0 Å². The van der Waals surface area contributed by atoms with E-state index >= 15 is 0 Å². The minimum Gasteiger partial charge on any atom is -0.481 e. The number of carboxylic acids is 1. The van der Waals surface area contributed by atoms with Crippen molar-refractivity contribution in [3.8, 4) is 0 Å². The predicted octanol–water partition coefficient (Wildman–Crippen LogP) is 4.18. The topological polar surface area (TPSA) is 99.6 Å². The van der Waals surface area contributed by atoms with Gasteiger partial charge in [0.1, 0.15) is 11.6 Å². The molecule has 1 saturated heterocycles. The minimum absolute atomic E-state index is 0.0416. The number of aliphatic carboxylic acids is 1. The van der Waals surface area contributed by atoms with Gasteiger partial charge in [-0.05, 0) is 43.2 Å². The molecule has 2 aromatic heterocycles. The summed E-state index contributed by atoms with van der Waals surface area (Å²) in [5.74, 6) is 0.789. The quantitative estimate of drug-likeness (QED) is 0.552.